The fourth-order valence-electron chi connectivity index (χ4n) is 2.66. The van der Waals surface area contributed by atoms with Crippen LogP contribution < -0.4 is 10.1 Å². The van der Waals surface area contributed by atoms with Crippen LogP contribution in [0.5, 0.6) is 5.75 Å². The van der Waals surface area contributed by atoms with E-state index in [4.69, 9.17) is 0 Å². The molecule has 1 aromatic heterocycles. The summed E-state index contributed by atoms with van der Waals surface area (Å²) in [4.78, 5) is 38.5. The van der Waals surface area contributed by atoms with E-state index in [-0.39, 0.29) is 18.1 Å². The molecule has 26 heavy (non-hydrogen) atoms. The van der Waals surface area contributed by atoms with Gasteiger partial charge in [-0.25, -0.2) is 4.79 Å². The molecule has 2 aromatic rings. The molecule has 0 spiro atoms. The standard InChI is InChI=1S/C17H14F2N2O4S/c1-17(10-4-6-11(7-5-10)25-15(18)19)14(23)21(16(24)20-17)9-12(22)13-3-2-8-26-13/h2-8,15H,9H2,1H3,(H,20,24). The minimum Gasteiger partial charge on any atom is -0.435 e. The second-order valence-corrected chi connectivity index (χ2v) is 6.70. The number of rotatable bonds is 6. The van der Waals surface area contributed by atoms with Crippen LogP contribution in [0, 0.1) is 0 Å². The average molecular weight is 380 g/mol. The number of carbonyl (C=O) groups excluding carboxylic acids is 3. The van der Waals surface area contributed by atoms with Gasteiger partial charge in [0.05, 0.1) is 11.4 Å². The highest BCUT2D eigenvalue weighted by atomic mass is 32.1. The van der Waals surface area contributed by atoms with E-state index in [9.17, 15) is 23.2 Å². The van der Waals surface area contributed by atoms with E-state index < -0.39 is 24.1 Å². The quantitative estimate of drug-likeness (QED) is 0.618. The molecule has 0 aliphatic carbocycles. The summed E-state index contributed by atoms with van der Waals surface area (Å²) in [5, 5.41) is 4.29. The Kier molecular flexibility index (Phi) is 4.73. The SMILES string of the molecule is CC1(c2ccc(OC(F)F)cc2)NC(=O)N(CC(=O)c2cccs2)C1=O. The molecule has 0 bridgehead atoms. The molecule has 1 aliphatic heterocycles. The molecule has 6 nitrogen and oxygen atoms in total. The van der Waals surface area contributed by atoms with Crippen molar-refractivity contribution in [3.8, 4) is 5.75 Å². The van der Waals surface area contributed by atoms with E-state index in [2.05, 4.69) is 10.1 Å². The van der Waals surface area contributed by atoms with Crippen LogP contribution in [0.1, 0.15) is 22.2 Å². The summed E-state index contributed by atoms with van der Waals surface area (Å²) in [6, 6.07) is 8.04. The third-order valence-electron chi connectivity index (χ3n) is 4.03. The highest BCUT2D eigenvalue weighted by Gasteiger charge is 2.49. The van der Waals surface area contributed by atoms with Gasteiger partial charge in [-0.1, -0.05) is 18.2 Å². The monoisotopic (exact) mass is 380 g/mol. The van der Waals surface area contributed by atoms with Gasteiger partial charge in [0.2, 0.25) is 0 Å². The Hall–Kier alpha value is -2.81. The first kappa shape index (κ1) is 18.0. The van der Waals surface area contributed by atoms with Crippen molar-refractivity contribution in [2.24, 2.45) is 0 Å². The number of imide groups is 1. The number of thiophene rings is 1. The van der Waals surface area contributed by atoms with Crippen LogP contribution in [-0.2, 0) is 10.3 Å². The predicted molar refractivity (Wildman–Crippen MR) is 89.3 cm³/mol. The van der Waals surface area contributed by atoms with Gasteiger partial charge in [0.1, 0.15) is 11.3 Å². The summed E-state index contributed by atoms with van der Waals surface area (Å²) >= 11 is 1.23. The molecule has 1 aromatic carbocycles. The fraction of sp³-hybridized carbons (Fsp3) is 0.235. The first-order valence-corrected chi connectivity index (χ1v) is 8.45. The van der Waals surface area contributed by atoms with Gasteiger partial charge in [-0.2, -0.15) is 8.78 Å². The third kappa shape index (κ3) is 3.30. The second kappa shape index (κ2) is 6.83. The van der Waals surface area contributed by atoms with Crippen molar-refractivity contribution in [2.75, 3.05) is 6.54 Å². The Labute approximate surface area is 151 Å². The first-order chi connectivity index (χ1) is 12.3. The molecule has 1 fully saturated rings. The number of amides is 3. The predicted octanol–water partition coefficient (Wildman–Crippen LogP) is 3.00. The maximum absolute atomic E-state index is 12.7. The van der Waals surface area contributed by atoms with E-state index in [1.807, 2.05) is 0 Å². The molecule has 136 valence electrons. The van der Waals surface area contributed by atoms with Crippen LogP contribution in [0.3, 0.4) is 0 Å². The van der Waals surface area contributed by atoms with Crippen molar-refractivity contribution in [1.82, 2.24) is 10.2 Å². The summed E-state index contributed by atoms with van der Waals surface area (Å²) in [6.45, 7) is -1.83. The number of carbonyl (C=O) groups is 3. The van der Waals surface area contributed by atoms with Crippen LogP contribution >= 0.6 is 11.3 Å². The lowest BCUT2D eigenvalue weighted by Gasteiger charge is -2.22. The zero-order valence-corrected chi connectivity index (χ0v) is 14.4. The van der Waals surface area contributed by atoms with Gasteiger partial charge in [-0.05, 0) is 36.1 Å². The van der Waals surface area contributed by atoms with Gasteiger partial charge in [0.15, 0.2) is 5.78 Å². The molecular weight excluding hydrogens is 366 g/mol. The van der Waals surface area contributed by atoms with Gasteiger partial charge in [-0.3, -0.25) is 14.5 Å². The van der Waals surface area contributed by atoms with Crippen LogP contribution in [0.4, 0.5) is 13.6 Å². The summed E-state index contributed by atoms with van der Waals surface area (Å²) in [7, 11) is 0. The summed E-state index contributed by atoms with van der Waals surface area (Å²) in [5.41, 5.74) is -1.00. The highest BCUT2D eigenvalue weighted by Crippen LogP contribution is 2.30. The number of hydrogen-bond acceptors (Lipinski definition) is 5. The molecule has 1 unspecified atom stereocenters. The van der Waals surface area contributed by atoms with E-state index in [1.165, 1.54) is 42.5 Å². The minimum atomic E-state index is -2.96. The number of ketones is 1. The zero-order chi connectivity index (χ0) is 18.9. The van der Waals surface area contributed by atoms with Crippen molar-refractivity contribution in [1.29, 1.82) is 0 Å². The van der Waals surface area contributed by atoms with Crippen LogP contribution in [0.25, 0.3) is 0 Å². The molecule has 3 amide bonds. The van der Waals surface area contributed by atoms with Crippen molar-refractivity contribution in [2.45, 2.75) is 19.1 Å². The lowest BCUT2D eigenvalue weighted by Crippen LogP contribution is -2.41. The summed E-state index contributed by atoms with van der Waals surface area (Å²) < 4.78 is 28.7. The smallest absolute Gasteiger partial charge is 0.387 e. The van der Waals surface area contributed by atoms with Crippen LogP contribution in [0.2, 0.25) is 0 Å². The van der Waals surface area contributed by atoms with Crippen molar-refractivity contribution < 1.29 is 27.9 Å². The Bertz CT molecular complexity index is 839. The van der Waals surface area contributed by atoms with Crippen LogP contribution in [-0.4, -0.2) is 35.8 Å². The number of halogens is 2. The number of Topliss-reactive ketones (excluding diaryl/α,β-unsaturated/α-hetero) is 1. The number of alkyl halides is 2. The zero-order valence-electron chi connectivity index (χ0n) is 13.6. The van der Waals surface area contributed by atoms with Crippen molar-refractivity contribution in [3.05, 3.63) is 52.2 Å². The lowest BCUT2D eigenvalue weighted by molar-refractivity contribution is -0.130. The number of nitrogens with one attached hydrogen (secondary N) is 1. The Morgan fingerprint density at radius 1 is 1.27 bits per heavy atom. The van der Waals surface area contributed by atoms with Crippen molar-refractivity contribution >= 4 is 29.1 Å². The molecule has 1 atom stereocenters. The third-order valence-corrected chi connectivity index (χ3v) is 4.94. The Balaban J connectivity index is 1.79. The normalized spacial score (nSPS) is 19.8. The summed E-state index contributed by atoms with van der Waals surface area (Å²) in [6.07, 6.45) is 0. The van der Waals surface area contributed by atoms with E-state index in [0.29, 0.717) is 10.4 Å². The Morgan fingerprint density at radius 2 is 1.96 bits per heavy atom. The molecule has 1 saturated heterocycles. The molecular formula is C17H14F2N2O4S. The highest BCUT2D eigenvalue weighted by molar-refractivity contribution is 7.12. The number of urea groups is 1. The molecule has 0 radical (unpaired) electrons. The van der Waals surface area contributed by atoms with E-state index in [1.54, 1.807) is 17.5 Å². The molecule has 1 aliphatic rings. The van der Waals surface area contributed by atoms with Crippen molar-refractivity contribution in [3.63, 3.8) is 0 Å². The molecule has 1 N–H and O–H groups in total. The van der Waals surface area contributed by atoms with E-state index >= 15 is 0 Å². The topological polar surface area (TPSA) is 75.7 Å². The number of benzene rings is 1. The molecule has 0 saturated carbocycles. The van der Waals surface area contributed by atoms with Gasteiger partial charge in [0.25, 0.3) is 5.91 Å². The number of nitrogens with zero attached hydrogens (tertiary/aromatic N) is 1. The number of ether oxygens (including phenoxy) is 1. The lowest BCUT2D eigenvalue weighted by atomic mass is 9.92. The molecule has 2 heterocycles. The van der Waals surface area contributed by atoms with Gasteiger partial charge in [0, 0.05) is 0 Å². The maximum atomic E-state index is 12.7. The van der Waals surface area contributed by atoms with Gasteiger partial charge in [-0.15, -0.1) is 11.3 Å². The van der Waals surface area contributed by atoms with E-state index in [0.717, 1.165) is 4.90 Å². The Morgan fingerprint density at radius 3 is 2.54 bits per heavy atom. The average Bonchev–Trinajstić information content (AvgIpc) is 3.19. The minimum absolute atomic E-state index is 0.0612. The number of hydrogen-bond donors (Lipinski definition) is 1. The fourth-order valence-corrected chi connectivity index (χ4v) is 3.32. The summed E-state index contributed by atoms with van der Waals surface area (Å²) in [5.74, 6) is -0.989. The first-order valence-electron chi connectivity index (χ1n) is 7.57. The maximum Gasteiger partial charge on any atom is 0.387 e. The molecule has 3 rings (SSSR count). The largest absolute Gasteiger partial charge is 0.435 e. The second-order valence-electron chi connectivity index (χ2n) is 5.75. The van der Waals surface area contributed by atoms with Crippen LogP contribution in [0.15, 0.2) is 41.8 Å². The van der Waals surface area contributed by atoms with Gasteiger partial charge >= 0.3 is 12.6 Å². The molecule has 9 heteroatoms. The van der Waals surface area contributed by atoms with Gasteiger partial charge < -0.3 is 10.1 Å².